The lowest BCUT2D eigenvalue weighted by Gasteiger charge is -2.28. The Bertz CT molecular complexity index is 1070. The summed E-state index contributed by atoms with van der Waals surface area (Å²) in [6.45, 7) is 0. The topological polar surface area (TPSA) is 36.9 Å². The summed E-state index contributed by atoms with van der Waals surface area (Å²) < 4.78 is 21.8. The Balaban J connectivity index is 1.96. The van der Waals surface area contributed by atoms with Crippen molar-refractivity contribution >= 4 is 23.2 Å². The highest BCUT2D eigenvalue weighted by Crippen LogP contribution is 2.58. The van der Waals surface area contributed by atoms with E-state index in [4.69, 9.17) is 18.9 Å². The van der Waals surface area contributed by atoms with Crippen molar-refractivity contribution in [2.24, 2.45) is 0 Å². The fourth-order valence-electron chi connectivity index (χ4n) is 4.24. The predicted octanol–water partition coefficient (Wildman–Crippen LogP) is 5.22. The van der Waals surface area contributed by atoms with E-state index in [0.717, 1.165) is 29.2 Å². The number of benzene rings is 4. The van der Waals surface area contributed by atoms with Gasteiger partial charge in [0.25, 0.3) is 0 Å². The van der Waals surface area contributed by atoms with Gasteiger partial charge in [-0.2, -0.15) is 0 Å². The third-order valence-corrected chi connectivity index (χ3v) is 10.5. The van der Waals surface area contributed by atoms with E-state index in [0.29, 0.717) is 0 Å². The highest BCUT2D eigenvalue weighted by Gasteiger charge is 2.45. The Labute approximate surface area is 202 Å². The first kappa shape index (κ1) is 23.7. The molecule has 0 radical (unpaired) electrons. The number of ether oxygens (including phenoxy) is 4. The fourth-order valence-corrected chi connectivity index (χ4v) is 8.41. The van der Waals surface area contributed by atoms with Crippen LogP contribution in [0.25, 0.3) is 0 Å². The first-order valence-corrected chi connectivity index (χ1v) is 13.0. The van der Waals surface area contributed by atoms with Crippen molar-refractivity contribution in [3.05, 3.63) is 103 Å². The summed E-state index contributed by atoms with van der Waals surface area (Å²) in [4.78, 5) is 0. The van der Waals surface area contributed by atoms with E-state index in [1.807, 2.05) is 48.5 Å². The summed E-state index contributed by atoms with van der Waals surface area (Å²) in [5, 5.41) is 3.83. The summed E-state index contributed by atoms with van der Waals surface area (Å²) >= 11 is 0. The van der Waals surface area contributed by atoms with Crippen molar-refractivity contribution in [2.75, 3.05) is 28.4 Å². The fraction of sp³-hybridized carbons (Fsp3) is 0.172. The standard InChI is InChI=1S/C29H30O4P/c1-30-23-7-5-22(6-8-23)21-34(27-15-9-24(31-2)10-16-27,28-17-11-25(32-3)12-18-28)29-19-13-26(33-4)14-20-29/h5-20H,21H2,1-4H3/q+1. The van der Waals surface area contributed by atoms with Crippen molar-refractivity contribution in [3.63, 3.8) is 0 Å². The van der Waals surface area contributed by atoms with Gasteiger partial charge in [0.1, 0.15) is 46.2 Å². The maximum Gasteiger partial charge on any atom is 0.119 e. The van der Waals surface area contributed by atoms with Crippen LogP contribution in [0.2, 0.25) is 0 Å². The van der Waals surface area contributed by atoms with Gasteiger partial charge in [0.2, 0.25) is 0 Å². The zero-order valence-electron chi connectivity index (χ0n) is 20.0. The molecule has 34 heavy (non-hydrogen) atoms. The van der Waals surface area contributed by atoms with Crippen LogP contribution in [0, 0.1) is 0 Å². The van der Waals surface area contributed by atoms with Gasteiger partial charge in [0.05, 0.1) is 34.6 Å². The van der Waals surface area contributed by atoms with Crippen molar-refractivity contribution in [3.8, 4) is 23.0 Å². The SMILES string of the molecule is COc1ccc(C[P+](c2ccc(OC)cc2)(c2ccc(OC)cc2)c2ccc(OC)cc2)cc1. The normalized spacial score (nSPS) is 11.1. The Morgan fingerprint density at radius 3 is 0.941 bits per heavy atom. The van der Waals surface area contributed by atoms with Gasteiger partial charge in [-0.05, 0) is 90.5 Å². The first-order chi connectivity index (χ1) is 16.6. The third-order valence-electron chi connectivity index (χ3n) is 6.12. The maximum atomic E-state index is 5.46. The van der Waals surface area contributed by atoms with E-state index in [1.54, 1.807) is 28.4 Å². The molecule has 0 amide bonds. The van der Waals surface area contributed by atoms with Crippen molar-refractivity contribution in [2.45, 2.75) is 6.16 Å². The summed E-state index contributed by atoms with van der Waals surface area (Å²) in [6.07, 6.45) is 0.863. The van der Waals surface area contributed by atoms with E-state index in [9.17, 15) is 0 Å². The zero-order chi connectivity index (χ0) is 24.0. The number of methoxy groups -OCH3 is 4. The number of hydrogen-bond acceptors (Lipinski definition) is 4. The largest absolute Gasteiger partial charge is 0.497 e. The van der Waals surface area contributed by atoms with Gasteiger partial charge in [0, 0.05) is 0 Å². The molecule has 5 heteroatoms. The van der Waals surface area contributed by atoms with Crippen LogP contribution in [0.3, 0.4) is 0 Å². The van der Waals surface area contributed by atoms with Gasteiger partial charge in [-0.1, -0.05) is 12.1 Å². The van der Waals surface area contributed by atoms with Crippen molar-refractivity contribution in [1.82, 2.24) is 0 Å². The molecule has 0 aromatic heterocycles. The van der Waals surface area contributed by atoms with Crippen LogP contribution in [0.1, 0.15) is 5.56 Å². The van der Waals surface area contributed by atoms with Crippen LogP contribution in [0.5, 0.6) is 23.0 Å². The minimum Gasteiger partial charge on any atom is -0.497 e. The van der Waals surface area contributed by atoms with Crippen molar-refractivity contribution in [1.29, 1.82) is 0 Å². The molecule has 4 rings (SSSR count). The van der Waals surface area contributed by atoms with E-state index in [2.05, 4.69) is 48.5 Å². The van der Waals surface area contributed by atoms with Crippen LogP contribution in [0.15, 0.2) is 97.1 Å². The molecule has 0 saturated carbocycles. The lowest BCUT2D eigenvalue weighted by Crippen LogP contribution is -2.32. The van der Waals surface area contributed by atoms with E-state index < -0.39 is 7.26 Å². The average molecular weight is 474 g/mol. The molecule has 0 aliphatic carbocycles. The Kier molecular flexibility index (Phi) is 7.40. The molecule has 0 bridgehead atoms. The third kappa shape index (κ3) is 4.73. The van der Waals surface area contributed by atoms with Gasteiger partial charge < -0.3 is 18.9 Å². The molecule has 4 aromatic carbocycles. The molecule has 0 heterocycles. The molecule has 4 nitrogen and oxygen atoms in total. The molecule has 0 saturated heterocycles. The molecule has 0 aliphatic rings. The number of rotatable bonds is 9. The average Bonchev–Trinajstić information content (AvgIpc) is 2.92. The van der Waals surface area contributed by atoms with Crippen LogP contribution in [-0.4, -0.2) is 28.4 Å². The second-order valence-electron chi connectivity index (χ2n) is 7.91. The highest BCUT2D eigenvalue weighted by atomic mass is 31.2. The zero-order valence-corrected chi connectivity index (χ0v) is 20.9. The summed E-state index contributed by atoms with van der Waals surface area (Å²) in [6, 6.07) is 33.8. The second-order valence-corrected chi connectivity index (χ2v) is 11.4. The molecule has 0 fully saturated rings. The first-order valence-electron chi connectivity index (χ1n) is 11.1. The number of hydrogen-bond donors (Lipinski definition) is 0. The summed E-state index contributed by atoms with van der Waals surface area (Å²) in [7, 11) is 4.68. The van der Waals surface area contributed by atoms with E-state index in [1.165, 1.54) is 21.5 Å². The molecule has 0 atom stereocenters. The van der Waals surface area contributed by atoms with Crippen LogP contribution < -0.4 is 34.9 Å². The summed E-state index contributed by atoms with van der Waals surface area (Å²) in [5.41, 5.74) is 1.25. The molecule has 0 aliphatic heterocycles. The molecule has 4 aromatic rings. The van der Waals surface area contributed by atoms with Crippen LogP contribution in [0.4, 0.5) is 0 Å². The molecular formula is C29H30O4P+. The smallest absolute Gasteiger partial charge is 0.119 e. The Morgan fingerprint density at radius 2 is 0.676 bits per heavy atom. The van der Waals surface area contributed by atoms with Gasteiger partial charge in [-0.3, -0.25) is 0 Å². The van der Waals surface area contributed by atoms with Gasteiger partial charge in [-0.25, -0.2) is 0 Å². The lowest BCUT2D eigenvalue weighted by atomic mass is 10.2. The van der Waals surface area contributed by atoms with Gasteiger partial charge >= 0.3 is 0 Å². The monoisotopic (exact) mass is 473 g/mol. The quantitative estimate of drug-likeness (QED) is 0.313. The van der Waals surface area contributed by atoms with Crippen LogP contribution >= 0.6 is 7.26 Å². The maximum absolute atomic E-state index is 5.46. The second kappa shape index (κ2) is 10.6. The lowest BCUT2D eigenvalue weighted by molar-refractivity contribution is 0.414. The predicted molar refractivity (Wildman–Crippen MR) is 142 cm³/mol. The molecule has 0 spiro atoms. The Morgan fingerprint density at radius 1 is 0.412 bits per heavy atom. The van der Waals surface area contributed by atoms with Crippen molar-refractivity contribution < 1.29 is 18.9 Å². The van der Waals surface area contributed by atoms with Gasteiger partial charge in [0.15, 0.2) is 0 Å². The Hall–Kier alpha value is -3.49. The molecule has 174 valence electrons. The molecular weight excluding hydrogens is 443 g/mol. The molecule has 0 N–H and O–H groups in total. The minimum atomic E-state index is -2.10. The minimum absolute atomic E-state index is 0.843. The van der Waals surface area contributed by atoms with E-state index in [-0.39, 0.29) is 0 Å². The van der Waals surface area contributed by atoms with Gasteiger partial charge in [-0.15, -0.1) is 0 Å². The highest BCUT2D eigenvalue weighted by molar-refractivity contribution is 7.95. The van der Waals surface area contributed by atoms with Crippen LogP contribution in [-0.2, 0) is 6.16 Å². The summed E-state index contributed by atoms with van der Waals surface area (Å²) in [5.74, 6) is 3.38. The molecule has 0 unspecified atom stereocenters. The van der Waals surface area contributed by atoms with E-state index >= 15 is 0 Å².